The number of aliphatic hydroxyl groups is 1. The highest BCUT2D eigenvalue weighted by molar-refractivity contribution is 5.43. The summed E-state index contributed by atoms with van der Waals surface area (Å²) < 4.78 is 11.3. The Morgan fingerprint density at radius 2 is 2.20 bits per heavy atom. The van der Waals surface area contributed by atoms with Gasteiger partial charge in [0, 0.05) is 11.8 Å². The molecule has 0 unspecified atom stereocenters. The molecule has 2 atom stereocenters. The molecule has 0 aliphatic carbocycles. The summed E-state index contributed by atoms with van der Waals surface area (Å²) in [6.45, 7) is 2.08. The first kappa shape index (κ1) is 12.7. The van der Waals surface area contributed by atoms with Crippen LogP contribution in [0.25, 0.3) is 0 Å². The largest absolute Gasteiger partial charge is 0.508 e. The first-order chi connectivity index (χ1) is 9.65. The van der Waals surface area contributed by atoms with Crippen LogP contribution in [0.1, 0.15) is 17.4 Å². The number of rotatable bonds is 2. The molecule has 5 nitrogen and oxygen atoms in total. The zero-order valence-corrected chi connectivity index (χ0v) is 11.0. The Kier molecular flexibility index (Phi) is 3.20. The highest BCUT2D eigenvalue weighted by Gasteiger charge is 2.31. The van der Waals surface area contributed by atoms with Crippen LogP contribution >= 0.6 is 0 Å². The van der Waals surface area contributed by atoms with Crippen LogP contribution in [0.2, 0.25) is 0 Å². The van der Waals surface area contributed by atoms with Crippen molar-refractivity contribution in [2.75, 3.05) is 6.61 Å². The van der Waals surface area contributed by atoms with Crippen LogP contribution in [0.3, 0.4) is 0 Å². The average Bonchev–Trinajstić information content (AvgIpc) is 2.45. The van der Waals surface area contributed by atoms with Gasteiger partial charge in [0.15, 0.2) is 6.10 Å². The Balaban J connectivity index is 1.85. The van der Waals surface area contributed by atoms with Gasteiger partial charge in [0.1, 0.15) is 30.0 Å². The summed E-state index contributed by atoms with van der Waals surface area (Å²) in [5.74, 6) is 1.27. The molecule has 20 heavy (non-hydrogen) atoms. The van der Waals surface area contributed by atoms with E-state index in [4.69, 9.17) is 9.47 Å². The molecule has 3 rings (SSSR count). The summed E-state index contributed by atoms with van der Waals surface area (Å²) in [5, 5.41) is 19.9. The number of nitrogens with zero attached hydrogens (tertiary/aromatic N) is 1. The van der Waals surface area contributed by atoms with Crippen LogP contribution in [0.4, 0.5) is 0 Å². The van der Waals surface area contributed by atoms with Crippen molar-refractivity contribution in [2.24, 2.45) is 0 Å². The minimum absolute atomic E-state index is 0.0876. The SMILES string of the molecule is Cc1ncccc1O[C@H]1COc2ccc(O)cc2[C@H]1O. The Morgan fingerprint density at radius 3 is 3.00 bits per heavy atom. The number of benzene rings is 1. The van der Waals surface area contributed by atoms with Crippen LogP contribution in [-0.2, 0) is 0 Å². The normalized spacial score (nSPS) is 20.9. The summed E-state index contributed by atoms with van der Waals surface area (Å²) in [5.41, 5.74) is 1.28. The van der Waals surface area contributed by atoms with Gasteiger partial charge >= 0.3 is 0 Å². The van der Waals surface area contributed by atoms with E-state index in [0.29, 0.717) is 17.1 Å². The fourth-order valence-corrected chi connectivity index (χ4v) is 2.22. The standard InChI is InChI=1S/C15H15NO4/c1-9-12(3-2-6-16-9)20-14-8-19-13-5-4-10(17)7-11(13)15(14)18/h2-7,14-15,17-18H,8H2,1H3/t14-,15+/m0/s1. The smallest absolute Gasteiger partial charge is 0.163 e. The second-order valence-electron chi connectivity index (χ2n) is 4.72. The summed E-state index contributed by atoms with van der Waals surface area (Å²) in [7, 11) is 0. The van der Waals surface area contributed by atoms with Gasteiger partial charge in [0.2, 0.25) is 0 Å². The minimum Gasteiger partial charge on any atom is -0.508 e. The zero-order valence-electron chi connectivity index (χ0n) is 11.0. The Hall–Kier alpha value is -2.27. The number of phenolic OH excluding ortho intramolecular Hbond substituents is 1. The van der Waals surface area contributed by atoms with E-state index in [1.165, 1.54) is 12.1 Å². The summed E-state index contributed by atoms with van der Waals surface area (Å²) in [4.78, 5) is 4.14. The number of fused-ring (bicyclic) bond motifs is 1. The van der Waals surface area contributed by atoms with Gasteiger partial charge in [-0.3, -0.25) is 4.98 Å². The fourth-order valence-electron chi connectivity index (χ4n) is 2.22. The minimum atomic E-state index is -0.856. The molecule has 0 bridgehead atoms. The van der Waals surface area contributed by atoms with Crippen molar-refractivity contribution in [1.82, 2.24) is 4.98 Å². The quantitative estimate of drug-likeness (QED) is 0.875. The van der Waals surface area contributed by atoms with E-state index in [1.54, 1.807) is 24.4 Å². The lowest BCUT2D eigenvalue weighted by Gasteiger charge is -2.30. The van der Waals surface area contributed by atoms with Crippen molar-refractivity contribution in [1.29, 1.82) is 0 Å². The third-order valence-electron chi connectivity index (χ3n) is 3.30. The molecule has 104 valence electrons. The molecule has 5 heteroatoms. The first-order valence-corrected chi connectivity index (χ1v) is 6.37. The number of pyridine rings is 1. The van der Waals surface area contributed by atoms with Crippen molar-refractivity contribution in [3.8, 4) is 17.2 Å². The monoisotopic (exact) mass is 273 g/mol. The Bertz CT molecular complexity index is 629. The maximum absolute atomic E-state index is 10.4. The number of aromatic nitrogens is 1. The average molecular weight is 273 g/mol. The van der Waals surface area contributed by atoms with Gasteiger partial charge in [0.25, 0.3) is 0 Å². The molecule has 1 aliphatic heterocycles. The maximum Gasteiger partial charge on any atom is 0.163 e. The highest BCUT2D eigenvalue weighted by Crippen LogP contribution is 2.36. The molecule has 1 aromatic heterocycles. The summed E-state index contributed by atoms with van der Waals surface area (Å²) in [6.07, 6.45) is 0.293. The highest BCUT2D eigenvalue weighted by atomic mass is 16.5. The Morgan fingerprint density at radius 1 is 1.35 bits per heavy atom. The molecule has 0 saturated carbocycles. The zero-order chi connectivity index (χ0) is 14.1. The van der Waals surface area contributed by atoms with E-state index >= 15 is 0 Å². The molecule has 0 fully saturated rings. The molecule has 2 N–H and O–H groups in total. The number of aliphatic hydroxyl groups excluding tert-OH is 1. The molecule has 2 aromatic rings. The third-order valence-corrected chi connectivity index (χ3v) is 3.30. The summed E-state index contributed by atoms with van der Waals surface area (Å²) in [6, 6.07) is 8.23. The number of hydrogen-bond donors (Lipinski definition) is 2. The number of hydrogen-bond acceptors (Lipinski definition) is 5. The van der Waals surface area contributed by atoms with E-state index in [-0.39, 0.29) is 12.4 Å². The van der Waals surface area contributed by atoms with E-state index < -0.39 is 12.2 Å². The van der Waals surface area contributed by atoms with E-state index in [1.807, 2.05) is 6.92 Å². The van der Waals surface area contributed by atoms with Gasteiger partial charge in [-0.05, 0) is 37.3 Å². The third kappa shape index (κ3) is 2.28. The van der Waals surface area contributed by atoms with Gasteiger partial charge in [-0.25, -0.2) is 0 Å². The second kappa shape index (κ2) is 5.02. The van der Waals surface area contributed by atoms with Crippen LogP contribution in [0.15, 0.2) is 36.5 Å². The molecular weight excluding hydrogens is 258 g/mol. The molecule has 0 spiro atoms. The molecule has 1 aliphatic rings. The van der Waals surface area contributed by atoms with Crippen LogP contribution < -0.4 is 9.47 Å². The van der Waals surface area contributed by atoms with Crippen LogP contribution in [0.5, 0.6) is 17.2 Å². The van der Waals surface area contributed by atoms with Crippen molar-refractivity contribution in [2.45, 2.75) is 19.1 Å². The van der Waals surface area contributed by atoms with Crippen LogP contribution in [0, 0.1) is 6.92 Å². The van der Waals surface area contributed by atoms with Crippen molar-refractivity contribution in [3.05, 3.63) is 47.8 Å². The predicted octanol–water partition coefficient (Wildman–Crippen LogP) is 1.97. The lowest BCUT2D eigenvalue weighted by Crippen LogP contribution is -2.35. The maximum atomic E-state index is 10.4. The predicted molar refractivity (Wildman–Crippen MR) is 72.0 cm³/mol. The molecule has 0 amide bonds. The number of aryl methyl sites for hydroxylation is 1. The van der Waals surface area contributed by atoms with Gasteiger partial charge in [-0.1, -0.05) is 0 Å². The first-order valence-electron chi connectivity index (χ1n) is 6.37. The van der Waals surface area contributed by atoms with Gasteiger partial charge in [0.05, 0.1) is 5.69 Å². The van der Waals surface area contributed by atoms with Gasteiger partial charge < -0.3 is 19.7 Å². The molecule has 1 aromatic carbocycles. The second-order valence-corrected chi connectivity index (χ2v) is 4.72. The van der Waals surface area contributed by atoms with E-state index in [0.717, 1.165) is 5.69 Å². The number of aromatic hydroxyl groups is 1. The van der Waals surface area contributed by atoms with E-state index in [2.05, 4.69) is 4.98 Å². The summed E-state index contributed by atoms with van der Waals surface area (Å²) >= 11 is 0. The lowest BCUT2D eigenvalue weighted by atomic mass is 10.0. The molecule has 0 saturated heterocycles. The Labute approximate surface area is 116 Å². The van der Waals surface area contributed by atoms with Gasteiger partial charge in [-0.2, -0.15) is 0 Å². The number of ether oxygens (including phenoxy) is 2. The van der Waals surface area contributed by atoms with Gasteiger partial charge in [-0.15, -0.1) is 0 Å². The topological polar surface area (TPSA) is 71.8 Å². The van der Waals surface area contributed by atoms with E-state index in [9.17, 15) is 10.2 Å². The van der Waals surface area contributed by atoms with Crippen molar-refractivity contribution < 1.29 is 19.7 Å². The van der Waals surface area contributed by atoms with Crippen molar-refractivity contribution in [3.63, 3.8) is 0 Å². The fraction of sp³-hybridized carbons (Fsp3) is 0.267. The number of phenols is 1. The van der Waals surface area contributed by atoms with Crippen molar-refractivity contribution >= 4 is 0 Å². The molecule has 2 heterocycles. The van der Waals surface area contributed by atoms with Crippen LogP contribution in [-0.4, -0.2) is 27.9 Å². The molecule has 0 radical (unpaired) electrons. The lowest BCUT2D eigenvalue weighted by molar-refractivity contribution is -0.0109. The molecular formula is C15H15NO4.